The highest BCUT2D eigenvalue weighted by Crippen LogP contribution is 2.41. The molecule has 30 heavy (non-hydrogen) atoms. The predicted octanol–water partition coefficient (Wildman–Crippen LogP) is 5.26. The van der Waals surface area contributed by atoms with Crippen LogP contribution in [0, 0.1) is 35.0 Å². The van der Waals surface area contributed by atoms with Crippen LogP contribution in [0.15, 0.2) is 24.3 Å². The molecule has 1 aromatic rings. The van der Waals surface area contributed by atoms with Gasteiger partial charge < -0.3 is 9.64 Å². The Morgan fingerprint density at radius 3 is 2.57 bits per heavy atom. The summed E-state index contributed by atoms with van der Waals surface area (Å²) in [6, 6.07) is 7.27. The quantitative estimate of drug-likeness (QED) is 0.484. The topological polar surface area (TPSA) is 46.6 Å². The molecule has 0 radical (unpaired) electrons. The molecule has 162 valence electrons. The molecule has 1 amide bonds. The molecular formula is C25H32ClNO3. The van der Waals surface area contributed by atoms with Crippen molar-refractivity contribution in [3.63, 3.8) is 0 Å². The van der Waals surface area contributed by atoms with Crippen LogP contribution in [0.5, 0.6) is 0 Å². The van der Waals surface area contributed by atoms with Gasteiger partial charge in [0, 0.05) is 30.6 Å². The maximum atomic E-state index is 13.1. The van der Waals surface area contributed by atoms with Crippen molar-refractivity contribution in [2.45, 2.75) is 59.0 Å². The van der Waals surface area contributed by atoms with Gasteiger partial charge in [0.15, 0.2) is 0 Å². The molecule has 3 rings (SSSR count). The molecule has 5 heteroatoms. The van der Waals surface area contributed by atoms with E-state index in [4.69, 9.17) is 16.3 Å². The summed E-state index contributed by atoms with van der Waals surface area (Å²) in [5.74, 6) is 6.20. The Bertz CT molecular complexity index is 842. The second-order valence-corrected chi connectivity index (χ2v) is 10.0. The Morgan fingerprint density at radius 1 is 1.27 bits per heavy atom. The fourth-order valence-corrected chi connectivity index (χ4v) is 4.52. The van der Waals surface area contributed by atoms with Crippen molar-refractivity contribution in [3.05, 3.63) is 34.9 Å². The van der Waals surface area contributed by atoms with E-state index in [0.717, 1.165) is 6.42 Å². The van der Waals surface area contributed by atoms with Gasteiger partial charge in [-0.3, -0.25) is 9.59 Å². The first-order chi connectivity index (χ1) is 14.2. The van der Waals surface area contributed by atoms with Gasteiger partial charge in [-0.15, -0.1) is 5.92 Å². The zero-order valence-corrected chi connectivity index (χ0v) is 19.2. The van der Waals surface area contributed by atoms with E-state index in [1.807, 2.05) is 18.2 Å². The number of carbonyl (C=O) groups excluding carboxylic acids is 2. The summed E-state index contributed by atoms with van der Waals surface area (Å²) < 4.78 is 5.96. The summed E-state index contributed by atoms with van der Waals surface area (Å²) >= 11 is 6.47. The molecule has 3 atom stereocenters. The summed E-state index contributed by atoms with van der Waals surface area (Å²) in [5, 5.41) is 0.490. The molecule has 0 spiro atoms. The van der Waals surface area contributed by atoms with Gasteiger partial charge >= 0.3 is 5.97 Å². The van der Waals surface area contributed by atoms with Crippen LogP contribution in [-0.4, -0.2) is 30.4 Å². The lowest BCUT2D eigenvalue weighted by Crippen LogP contribution is -2.33. The highest BCUT2D eigenvalue weighted by molar-refractivity contribution is 6.31. The Labute approximate surface area is 185 Å². The van der Waals surface area contributed by atoms with Crippen molar-refractivity contribution >= 4 is 23.5 Å². The molecule has 0 aromatic heterocycles. The standard InChI is InChI=1S/C25H32ClNO3/c1-25(2,3)24(29)30-22(19-14-7-8-15-20(19)26)21-18(16-27(4)23(21)28)13-9-12-17-10-5-6-11-17/h7-8,14-15,17-18,21-22H,5-6,10-12,16H2,1-4H3. The lowest BCUT2D eigenvalue weighted by atomic mass is 9.86. The maximum absolute atomic E-state index is 13.1. The van der Waals surface area contributed by atoms with E-state index in [2.05, 4.69) is 11.8 Å². The smallest absolute Gasteiger partial charge is 0.311 e. The van der Waals surface area contributed by atoms with Crippen molar-refractivity contribution in [1.82, 2.24) is 4.90 Å². The Balaban J connectivity index is 1.91. The number of likely N-dealkylation sites (tertiary alicyclic amines) is 1. The van der Waals surface area contributed by atoms with Gasteiger partial charge in [-0.2, -0.15) is 0 Å². The highest BCUT2D eigenvalue weighted by Gasteiger charge is 2.46. The minimum Gasteiger partial charge on any atom is -0.456 e. The molecule has 0 N–H and O–H groups in total. The molecule has 4 nitrogen and oxygen atoms in total. The Kier molecular flexibility index (Phi) is 7.14. The van der Waals surface area contributed by atoms with E-state index in [1.54, 1.807) is 38.8 Å². The lowest BCUT2D eigenvalue weighted by molar-refractivity contribution is -0.164. The number of benzene rings is 1. The molecule has 0 bridgehead atoms. The molecule has 1 aliphatic carbocycles. The average Bonchev–Trinajstić information content (AvgIpc) is 3.29. The second-order valence-electron chi connectivity index (χ2n) is 9.62. The van der Waals surface area contributed by atoms with Crippen LogP contribution < -0.4 is 0 Å². The third-order valence-electron chi connectivity index (χ3n) is 6.10. The molecule has 1 aromatic carbocycles. The number of ether oxygens (including phenoxy) is 1. The molecular weight excluding hydrogens is 398 g/mol. The summed E-state index contributed by atoms with van der Waals surface area (Å²) in [6.07, 6.45) is 5.18. The number of carbonyl (C=O) groups is 2. The molecule has 1 aliphatic heterocycles. The average molecular weight is 430 g/mol. The van der Waals surface area contributed by atoms with E-state index >= 15 is 0 Å². The first kappa shape index (κ1) is 22.7. The zero-order chi connectivity index (χ0) is 21.9. The van der Waals surface area contributed by atoms with Crippen molar-refractivity contribution in [2.24, 2.45) is 23.2 Å². The predicted molar refractivity (Wildman–Crippen MR) is 119 cm³/mol. The third-order valence-corrected chi connectivity index (χ3v) is 6.45. The first-order valence-electron chi connectivity index (χ1n) is 10.9. The zero-order valence-electron chi connectivity index (χ0n) is 18.4. The molecule has 2 aliphatic rings. The lowest BCUT2D eigenvalue weighted by Gasteiger charge is -2.29. The third kappa shape index (κ3) is 5.19. The number of hydrogen-bond donors (Lipinski definition) is 0. The van der Waals surface area contributed by atoms with Crippen LogP contribution in [0.25, 0.3) is 0 Å². The van der Waals surface area contributed by atoms with Crippen LogP contribution in [-0.2, 0) is 14.3 Å². The van der Waals surface area contributed by atoms with E-state index in [-0.39, 0.29) is 17.8 Å². The van der Waals surface area contributed by atoms with Gasteiger partial charge in [0.1, 0.15) is 6.10 Å². The van der Waals surface area contributed by atoms with Gasteiger partial charge in [-0.1, -0.05) is 48.6 Å². The van der Waals surface area contributed by atoms with Gasteiger partial charge in [0.2, 0.25) is 5.91 Å². The molecule has 1 heterocycles. The minimum atomic E-state index is -0.756. The molecule has 1 saturated carbocycles. The summed E-state index contributed by atoms with van der Waals surface area (Å²) in [7, 11) is 1.78. The highest BCUT2D eigenvalue weighted by atomic mass is 35.5. The molecule has 1 saturated heterocycles. The monoisotopic (exact) mass is 429 g/mol. The van der Waals surface area contributed by atoms with Crippen molar-refractivity contribution in [2.75, 3.05) is 13.6 Å². The van der Waals surface area contributed by atoms with Gasteiger partial charge in [-0.05, 0) is 45.6 Å². The fraction of sp³-hybridized carbons (Fsp3) is 0.600. The normalized spacial score (nSPS) is 23.2. The van der Waals surface area contributed by atoms with Gasteiger partial charge in [0.25, 0.3) is 0 Å². The van der Waals surface area contributed by atoms with Crippen molar-refractivity contribution in [1.29, 1.82) is 0 Å². The van der Waals surface area contributed by atoms with E-state index in [1.165, 1.54) is 25.7 Å². The first-order valence-corrected chi connectivity index (χ1v) is 11.2. The Morgan fingerprint density at radius 2 is 1.93 bits per heavy atom. The van der Waals surface area contributed by atoms with Gasteiger partial charge in [-0.25, -0.2) is 0 Å². The van der Waals surface area contributed by atoms with Crippen LogP contribution in [0.1, 0.15) is 64.5 Å². The fourth-order valence-electron chi connectivity index (χ4n) is 4.28. The van der Waals surface area contributed by atoms with E-state index in [9.17, 15) is 9.59 Å². The summed E-state index contributed by atoms with van der Waals surface area (Å²) in [4.78, 5) is 27.6. The largest absolute Gasteiger partial charge is 0.456 e. The van der Waals surface area contributed by atoms with Crippen LogP contribution >= 0.6 is 11.6 Å². The van der Waals surface area contributed by atoms with Gasteiger partial charge in [0.05, 0.1) is 17.3 Å². The number of rotatable bonds is 4. The number of amides is 1. The SMILES string of the molecule is CN1CC(C#CCC2CCCC2)C(C(OC(=O)C(C)(C)C)c2ccccc2Cl)C1=O. The van der Waals surface area contributed by atoms with Crippen LogP contribution in [0.3, 0.4) is 0 Å². The number of halogens is 1. The second kappa shape index (κ2) is 9.43. The Hall–Kier alpha value is -1.99. The number of esters is 1. The van der Waals surface area contributed by atoms with Crippen LogP contribution in [0.2, 0.25) is 5.02 Å². The van der Waals surface area contributed by atoms with Crippen LogP contribution in [0.4, 0.5) is 0 Å². The molecule has 3 unspecified atom stereocenters. The summed E-state index contributed by atoms with van der Waals surface area (Å²) in [6.45, 7) is 5.95. The number of nitrogens with zero attached hydrogens (tertiary/aromatic N) is 1. The minimum absolute atomic E-state index is 0.0539. The van der Waals surface area contributed by atoms with E-state index in [0.29, 0.717) is 23.0 Å². The van der Waals surface area contributed by atoms with Crippen molar-refractivity contribution in [3.8, 4) is 11.8 Å². The van der Waals surface area contributed by atoms with E-state index < -0.39 is 17.4 Å². The number of hydrogen-bond acceptors (Lipinski definition) is 3. The van der Waals surface area contributed by atoms with Crippen molar-refractivity contribution < 1.29 is 14.3 Å². The summed E-state index contributed by atoms with van der Waals surface area (Å²) in [5.41, 5.74) is -0.0236. The maximum Gasteiger partial charge on any atom is 0.311 e. The molecule has 2 fully saturated rings.